The molecule has 1 saturated heterocycles. The van der Waals surface area contributed by atoms with Crippen molar-refractivity contribution in [2.45, 2.75) is 31.6 Å². The van der Waals surface area contributed by atoms with Gasteiger partial charge in [-0.15, -0.1) is 0 Å². The fourth-order valence-electron chi connectivity index (χ4n) is 4.13. The number of hydrogen-bond acceptors (Lipinski definition) is 5. The van der Waals surface area contributed by atoms with Crippen molar-refractivity contribution < 1.29 is 14.1 Å². The van der Waals surface area contributed by atoms with Crippen molar-refractivity contribution in [2.75, 3.05) is 18.6 Å². The molecule has 2 aromatic carbocycles. The Hall–Kier alpha value is -3.15. The number of carbonyl (C=O) groups is 1. The molecule has 6 nitrogen and oxygen atoms in total. The minimum Gasteiger partial charge on any atom is -0.497 e. The lowest BCUT2D eigenvalue weighted by molar-refractivity contribution is -0.117. The van der Waals surface area contributed by atoms with Gasteiger partial charge in [-0.3, -0.25) is 4.79 Å². The molecule has 2 heterocycles. The van der Waals surface area contributed by atoms with Gasteiger partial charge in [-0.2, -0.15) is 4.98 Å². The average molecular weight is 375 g/mol. The third-order valence-corrected chi connectivity index (χ3v) is 5.64. The zero-order valence-corrected chi connectivity index (χ0v) is 15.7. The number of aryl methyl sites for hydroxylation is 2. The number of amides is 1. The zero-order chi connectivity index (χ0) is 19.1. The molecule has 1 amide bonds. The van der Waals surface area contributed by atoms with E-state index in [9.17, 15) is 4.79 Å². The molecule has 1 unspecified atom stereocenters. The summed E-state index contributed by atoms with van der Waals surface area (Å²) < 4.78 is 10.7. The third-order valence-electron chi connectivity index (χ3n) is 5.64. The molecule has 5 rings (SSSR count). The van der Waals surface area contributed by atoms with Gasteiger partial charge in [0.25, 0.3) is 5.89 Å². The number of nitrogens with zero attached hydrogens (tertiary/aromatic N) is 3. The molecule has 28 heavy (non-hydrogen) atoms. The smallest absolute Gasteiger partial charge is 0.258 e. The highest BCUT2D eigenvalue weighted by Crippen LogP contribution is 2.34. The predicted octanol–water partition coefficient (Wildman–Crippen LogP) is 3.75. The number of methoxy groups -OCH3 is 1. The van der Waals surface area contributed by atoms with Crippen LogP contribution in [0, 0.1) is 0 Å². The number of aromatic nitrogens is 2. The first-order chi connectivity index (χ1) is 13.7. The van der Waals surface area contributed by atoms with Gasteiger partial charge >= 0.3 is 0 Å². The largest absolute Gasteiger partial charge is 0.497 e. The van der Waals surface area contributed by atoms with E-state index in [1.165, 1.54) is 17.5 Å². The first kappa shape index (κ1) is 17.0. The lowest BCUT2D eigenvalue weighted by Gasteiger charge is -2.17. The van der Waals surface area contributed by atoms with Crippen LogP contribution in [0.2, 0.25) is 0 Å². The van der Waals surface area contributed by atoms with E-state index in [1.807, 2.05) is 29.2 Å². The van der Waals surface area contributed by atoms with Crippen molar-refractivity contribution >= 4 is 11.6 Å². The van der Waals surface area contributed by atoms with Gasteiger partial charge in [0.1, 0.15) is 5.75 Å². The molecule has 0 spiro atoms. The maximum atomic E-state index is 12.6. The van der Waals surface area contributed by atoms with Gasteiger partial charge in [-0.25, -0.2) is 0 Å². The van der Waals surface area contributed by atoms with Crippen LogP contribution in [0.25, 0.3) is 11.5 Å². The highest BCUT2D eigenvalue weighted by molar-refractivity contribution is 5.96. The zero-order valence-electron chi connectivity index (χ0n) is 15.7. The Labute approximate surface area is 163 Å². The van der Waals surface area contributed by atoms with Crippen molar-refractivity contribution in [1.29, 1.82) is 0 Å². The SMILES string of the molecule is COc1cccc(-c2nc(C3CC(=O)N(c4ccc5c(c4)CCC5)C3)no2)c1. The van der Waals surface area contributed by atoms with Crippen molar-refractivity contribution in [3.05, 3.63) is 59.4 Å². The second kappa shape index (κ2) is 6.78. The molecule has 0 bridgehead atoms. The molecule has 1 aliphatic heterocycles. The fraction of sp³-hybridized carbons (Fsp3) is 0.318. The Morgan fingerprint density at radius 3 is 2.93 bits per heavy atom. The van der Waals surface area contributed by atoms with Gasteiger partial charge in [-0.05, 0) is 60.7 Å². The molecule has 0 radical (unpaired) electrons. The number of rotatable bonds is 4. The Morgan fingerprint density at radius 1 is 1.14 bits per heavy atom. The summed E-state index contributed by atoms with van der Waals surface area (Å²) in [5, 5.41) is 4.14. The summed E-state index contributed by atoms with van der Waals surface area (Å²) in [6.07, 6.45) is 3.84. The lowest BCUT2D eigenvalue weighted by atomic mass is 10.1. The van der Waals surface area contributed by atoms with E-state index in [0.717, 1.165) is 29.8 Å². The molecule has 142 valence electrons. The number of benzene rings is 2. The summed E-state index contributed by atoms with van der Waals surface area (Å²) >= 11 is 0. The highest BCUT2D eigenvalue weighted by atomic mass is 16.5. The summed E-state index contributed by atoms with van der Waals surface area (Å²) in [7, 11) is 1.62. The Morgan fingerprint density at radius 2 is 2.04 bits per heavy atom. The van der Waals surface area contributed by atoms with Crippen LogP contribution in [0.1, 0.15) is 35.7 Å². The van der Waals surface area contributed by atoms with E-state index in [0.29, 0.717) is 24.7 Å². The minimum absolute atomic E-state index is 0.0659. The topological polar surface area (TPSA) is 68.5 Å². The standard InChI is InChI=1S/C22H21N3O3/c1-27-19-7-3-6-16(11-19)22-23-21(24-28-22)17-12-20(26)25(13-17)18-9-8-14-4-2-5-15(14)10-18/h3,6-11,17H,2,4-5,12-13H2,1H3. The van der Waals surface area contributed by atoms with Crippen LogP contribution < -0.4 is 9.64 Å². The molecule has 0 saturated carbocycles. The molecule has 1 aromatic heterocycles. The Kier molecular flexibility index (Phi) is 4.11. The van der Waals surface area contributed by atoms with Crippen molar-refractivity contribution in [1.82, 2.24) is 10.1 Å². The van der Waals surface area contributed by atoms with Gasteiger partial charge < -0.3 is 14.2 Å². The number of anilines is 1. The van der Waals surface area contributed by atoms with E-state index in [4.69, 9.17) is 9.26 Å². The quantitative estimate of drug-likeness (QED) is 0.695. The van der Waals surface area contributed by atoms with Gasteiger partial charge in [0, 0.05) is 30.1 Å². The molecular formula is C22H21N3O3. The highest BCUT2D eigenvalue weighted by Gasteiger charge is 2.35. The first-order valence-electron chi connectivity index (χ1n) is 9.61. The van der Waals surface area contributed by atoms with Crippen LogP contribution in [0.15, 0.2) is 47.0 Å². The van der Waals surface area contributed by atoms with E-state index >= 15 is 0 Å². The monoisotopic (exact) mass is 375 g/mol. The van der Waals surface area contributed by atoms with Crippen molar-refractivity contribution in [3.8, 4) is 17.2 Å². The van der Waals surface area contributed by atoms with Crippen LogP contribution in [0.3, 0.4) is 0 Å². The van der Waals surface area contributed by atoms with Crippen LogP contribution >= 0.6 is 0 Å². The van der Waals surface area contributed by atoms with Crippen LogP contribution in [0.4, 0.5) is 5.69 Å². The maximum absolute atomic E-state index is 12.6. The average Bonchev–Trinajstić information content (AvgIpc) is 3.46. The number of hydrogen-bond donors (Lipinski definition) is 0. The summed E-state index contributed by atoms with van der Waals surface area (Å²) in [6, 6.07) is 13.9. The maximum Gasteiger partial charge on any atom is 0.258 e. The number of carbonyl (C=O) groups excluding carboxylic acids is 1. The van der Waals surface area contributed by atoms with Gasteiger partial charge in [0.2, 0.25) is 5.91 Å². The lowest BCUT2D eigenvalue weighted by Crippen LogP contribution is -2.24. The first-order valence-corrected chi connectivity index (χ1v) is 9.61. The van der Waals surface area contributed by atoms with E-state index in [2.05, 4.69) is 28.3 Å². The molecule has 1 fully saturated rings. The molecule has 6 heteroatoms. The second-order valence-electron chi connectivity index (χ2n) is 7.40. The minimum atomic E-state index is -0.0659. The van der Waals surface area contributed by atoms with E-state index in [-0.39, 0.29) is 11.8 Å². The van der Waals surface area contributed by atoms with Crippen LogP contribution in [-0.2, 0) is 17.6 Å². The normalized spacial score (nSPS) is 18.5. The molecule has 1 atom stereocenters. The molecule has 0 N–H and O–H groups in total. The van der Waals surface area contributed by atoms with Crippen molar-refractivity contribution in [3.63, 3.8) is 0 Å². The Bertz CT molecular complexity index is 1040. The Balaban J connectivity index is 1.37. The molecule has 1 aliphatic carbocycles. The summed E-state index contributed by atoms with van der Waals surface area (Å²) in [4.78, 5) is 19.0. The van der Waals surface area contributed by atoms with E-state index < -0.39 is 0 Å². The fourth-order valence-corrected chi connectivity index (χ4v) is 4.13. The van der Waals surface area contributed by atoms with Crippen molar-refractivity contribution in [2.24, 2.45) is 0 Å². The van der Waals surface area contributed by atoms with Gasteiger partial charge in [-0.1, -0.05) is 17.3 Å². The molecule has 2 aliphatic rings. The van der Waals surface area contributed by atoms with Crippen LogP contribution in [-0.4, -0.2) is 29.7 Å². The molecule has 3 aromatic rings. The second-order valence-corrected chi connectivity index (χ2v) is 7.40. The molecular weight excluding hydrogens is 354 g/mol. The number of fused-ring (bicyclic) bond motifs is 1. The summed E-state index contributed by atoms with van der Waals surface area (Å²) in [6.45, 7) is 0.578. The van der Waals surface area contributed by atoms with Crippen LogP contribution in [0.5, 0.6) is 5.75 Å². The van der Waals surface area contributed by atoms with Gasteiger partial charge in [0.05, 0.1) is 7.11 Å². The number of ether oxygens (including phenoxy) is 1. The summed E-state index contributed by atoms with van der Waals surface area (Å²) in [5.74, 6) is 1.79. The van der Waals surface area contributed by atoms with E-state index in [1.54, 1.807) is 7.11 Å². The third kappa shape index (κ3) is 2.95. The predicted molar refractivity (Wildman–Crippen MR) is 104 cm³/mol. The van der Waals surface area contributed by atoms with Gasteiger partial charge in [0.15, 0.2) is 5.82 Å². The summed E-state index contributed by atoms with van der Waals surface area (Å²) in [5.41, 5.74) is 4.56.